The number of rotatable bonds is 7. The minimum absolute atomic E-state index is 0.496. The molecular formula is C10H19N5S. The number of hydrogen-bond acceptors (Lipinski definition) is 5. The second-order valence-corrected chi connectivity index (χ2v) is 4.66. The number of aromatic nitrogens is 4. The molecule has 0 bridgehead atoms. The van der Waals surface area contributed by atoms with Gasteiger partial charge >= 0.3 is 0 Å². The number of nitrogens with zero attached hydrogens (tertiary/aromatic N) is 4. The summed E-state index contributed by atoms with van der Waals surface area (Å²) in [4.78, 5) is 0. The van der Waals surface area contributed by atoms with Crippen molar-refractivity contribution in [3.05, 3.63) is 12.2 Å². The van der Waals surface area contributed by atoms with Gasteiger partial charge in [-0.25, -0.2) is 4.68 Å². The quantitative estimate of drug-likeness (QED) is 0.576. The molecule has 16 heavy (non-hydrogen) atoms. The highest BCUT2D eigenvalue weighted by Gasteiger charge is 2.05. The predicted octanol–water partition coefficient (Wildman–Crippen LogP) is 1.34. The van der Waals surface area contributed by atoms with Gasteiger partial charge in [-0.3, -0.25) is 0 Å². The maximum Gasteiger partial charge on any atom is 0.209 e. The summed E-state index contributed by atoms with van der Waals surface area (Å²) in [6.07, 6.45) is 4.12. The highest BCUT2D eigenvalue weighted by atomic mass is 32.2. The Hall–Kier alpha value is -0.880. The lowest BCUT2D eigenvalue weighted by atomic mass is 10.4. The molecule has 0 aliphatic rings. The Balaban J connectivity index is 2.37. The first-order valence-electron chi connectivity index (χ1n) is 5.47. The zero-order valence-corrected chi connectivity index (χ0v) is 10.9. The first-order chi connectivity index (χ1) is 7.74. The average molecular weight is 241 g/mol. The third-order valence-electron chi connectivity index (χ3n) is 1.92. The minimum Gasteiger partial charge on any atom is -0.313 e. The second-order valence-electron chi connectivity index (χ2n) is 3.67. The van der Waals surface area contributed by atoms with Crippen LogP contribution in [0.3, 0.4) is 0 Å². The summed E-state index contributed by atoms with van der Waals surface area (Å²) in [5, 5.41) is 15.9. The Labute approximate surface area is 101 Å². The summed E-state index contributed by atoms with van der Waals surface area (Å²) in [5.74, 6) is 0.911. The first-order valence-corrected chi connectivity index (χ1v) is 6.46. The zero-order valence-electron chi connectivity index (χ0n) is 10.1. The summed E-state index contributed by atoms with van der Waals surface area (Å²) < 4.78 is 1.84. The molecule has 1 N–H and O–H groups in total. The third kappa shape index (κ3) is 4.76. The van der Waals surface area contributed by atoms with Gasteiger partial charge in [0, 0.05) is 18.3 Å². The molecule has 0 unspecified atom stereocenters. The molecule has 0 amide bonds. The molecule has 1 rings (SSSR count). The van der Waals surface area contributed by atoms with Crippen molar-refractivity contribution in [2.75, 3.05) is 12.3 Å². The van der Waals surface area contributed by atoms with E-state index in [1.807, 2.05) is 17.7 Å². The lowest BCUT2D eigenvalue weighted by Crippen LogP contribution is -2.27. The van der Waals surface area contributed by atoms with E-state index in [1.165, 1.54) is 0 Å². The van der Waals surface area contributed by atoms with Gasteiger partial charge in [0.25, 0.3) is 0 Å². The molecule has 90 valence electrons. The molecule has 6 heteroatoms. The molecule has 0 radical (unpaired) electrons. The highest BCUT2D eigenvalue weighted by Crippen LogP contribution is 2.12. The number of hydrogen-bond donors (Lipinski definition) is 1. The Morgan fingerprint density at radius 2 is 2.31 bits per heavy atom. The van der Waals surface area contributed by atoms with Crippen molar-refractivity contribution in [2.24, 2.45) is 0 Å². The van der Waals surface area contributed by atoms with Gasteiger partial charge in [0.05, 0.1) is 6.54 Å². The molecule has 0 saturated heterocycles. The van der Waals surface area contributed by atoms with Crippen LogP contribution in [0.2, 0.25) is 0 Å². The fourth-order valence-corrected chi connectivity index (χ4v) is 1.93. The van der Waals surface area contributed by atoms with Gasteiger partial charge < -0.3 is 5.32 Å². The largest absolute Gasteiger partial charge is 0.313 e. The van der Waals surface area contributed by atoms with Crippen LogP contribution in [0, 0.1) is 0 Å². The number of nitrogens with one attached hydrogen (secondary N) is 1. The molecule has 0 aliphatic carbocycles. The van der Waals surface area contributed by atoms with Crippen LogP contribution in [0.4, 0.5) is 0 Å². The van der Waals surface area contributed by atoms with Crippen molar-refractivity contribution in [3.8, 4) is 0 Å². The van der Waals surface area contributed by atoms with Gasteiger partial charge in [0.1, 0.15) is 0 Å². The third-order valence-corrected chi connectivity index (χ3v) is 2.83. The fraction of sp³-hybridized carbons (Fsp3) is 0.700. The molecule has 0 saturated carbocycles. The Morgan fingerprint density at radius 1 is 1.50 bits per heavy atom. The minimum atomic E-state index is 0.496. The summed E-state index contributed by atoms with van der Waals surface area (Å²) in [6.45, 7) is 7.96. The van der Waals surface area contributed by atoms with Crippen LogP contribution >= 0.6 is 11.8 Å². The van der Waals surface area contributed by atoms with Crippen molar-refractivity contribution in [3.63, 3.8) is 0 Å². The molecule has 1 heterocycles. The second kappa shape index (κ2) is 7.40. The van der Waals surface area contributed by atoms with E-state index in [4.69, 9.17) is 0 Å². The van der Waals surface area contributed by atoms with Crippen molar-refractivity contribution < 1.29 is 0 Å². The summed E-state index contributed by atoms with van der Waals surface area (Å²) in [5.41, 5.74) is 0. The van der Waals surface area contributed by atoms with E-state index < -0.39 is 0 Å². The topological polar surface area (TPSA) is 55.6 Å². The molecule has 0 atom stereocenters. The predicted molar refractivity (Wildman–Crippen MR) is 66.5 cm³/mol. The SMILES string of the molecule is CC=CCSc1nnnn1CCNC(C)C. The molecule has 1 aromatic rings. The Morgan fingerprint density at radius 3 is 3.00 bits per heavy atom. The smallest absolute Gasteiger partial charge is 0.209 e. The van der Waals surface area contributed by atoms with Gasteiger partial charge in [-0.1, -0.05) is 37.8 Å². The van der Waals surface area contributed by atoms with Gasteiger partial charge in [-0.15, -0.1) is 5.10 Å². The Bertz CT molecular complexity index is 321. The van der Waals surface area contributed by atoms with Crippen LogP contribution in [0.15, 0.2) is 17.3 Å². The van der Waals surface area contributed by atoms with Gasteiger partial charge in [-0.05, 0) is 17.4 Å². The van der Waals surface area contributed by atoms with Crippen LogP contribution < -0.4 is 5.32 Å². The van der Waals surface area contributed by atoms with Gasteiger partial charge in [-0.2, -0.15) is 0 Å². The van der Waals surface area contributed by atoms with Gasteiger partial charge in [0.15, 0.2) is 0 Å². The number of thioether (sulfide) groups is 1. The zero-order chi connectivity index (χ0) is 11.8. The highest BCUT2D eigenvalue weighted by molar-refractivity contribution is 7.99. The molecule has 0 aromatic carbocycles. The normalized spacial score (nSPS) is 11.8. The van der Waals surface area contributed by atoms with E-state index in [1.54, 1.807) is 11.8 Å². The number of allylic oxidation sites excluding steroid dienone is 1. The van der Waals surface area contributed by atoms with E-state index in [0.29, 0.717) is 6.04 Å². The van der Waals surface area contributed by atoms with E-state index in [-0.39, 0.29) is 0 Å². The molecule has 5 nitrogen and oxygen atoms in total. The van der Waals surface area contributed by atoms with Crippen LogP contribution in [-0.4, -0.2) is 38.5 Å². The standard InChI is InChI=1S/C10H19N5S/c1-4-5-8-16-10-12-13-14-15(10)7-6-11-9(2)3/h4-5,9,11H,6-8H2,1-3H3. The molecule has 0 aliphatic heterocycles. The molecule has 1 aromatic heterocycles. The Kier molecular flexibility index (Phi) is 6.10. The van der Waals surface area contributed by atoms with E-state index >= 15 is 0 Å². The van der Waals surface area contributed by atoms with E-state index in [0.717, 1.165) is 24.0 Å². The fourth-order valence-electron chi connectivity index (χ4n) is 1.12. The monoisotopic (exact) mass is 241 g/mol. The molecular weight excluding hydrogens is 222 g/mol. The van der Waals surface area contributed by atoms with Crippen molar-refractivity contribution in [2.45, 2.75) is 38.5 Å². The van der Waals surface area contributed by atoms with Crippen molar-refractivity contribution in [1.82, 2.24) is 25.5 Å². The maximum atomic E-state index is 3.99. The molecule has 0 fully saturated rings. The van der Waals surface area contributed by atoms with Crippen molar-refractivity contribution >= 4 is 11.8 Å². The van der Waals surface area contributed by atoms with E-state index in [2.05, 4.69) is 40.8 Å². The summed E-state index contributed by atoms with van der Waals surface area (Å²) in [7, 11) is 0. The van der Waals surface area contributed by atoms with Crippen LogP contribution in [0.25, 0.3) is 0 Å². The number of tetrazole rings is 1. The summed E-state index contributed by atoms with van der Waals surface area (Å²) >= 11 is 1.65. The van der Waals surface area contributed by atoms with E-state index in [9.17, 15) is 0 Å². The lowest BCUT2D eigenvalue weighted by molar-refractivity contribution is 0.485. The van der Waals surface area contributed by atoms with Gasteiger partial charge in [0.2, 0.25) is 5.16 Å². The average Bonchev–Trinajstić information content (AvgIpc) is 2.66. The summed E-state index contributed by atoms with van der Waals surface area (Å²) in [6, 6.07) is 0.496. The molecule has 0 spiro atoms. The van der Waals surface area contributed by atoms with Crippen LogP contribution in [-0.2, 0) is 6.54 Å². The lowest BCUT2D eigenvalue weighted by Gasteiger charge is -2.08. The van der Waals surface area contributed by atoms with Crippen molar-refractivity contribution in [1.29, 1.82) is 0 Å². The van der Waals surface area contributed by atoms with Crippen LogP contribution in [0.1, 0.15) is 20.8 Å². The first kappa shape index (κ1) is 13.2. The van der Waals surface area contributed by atoms with Crippen LogP contribution in [0.5, 0.6) is 0 Å². The maximum absolute atomic E-state index is 3.99.